The molecule has 1 fully saturated rings. The fourth-order valence-corrected chi connectivity index (χ4v) is 2.99. The fraction of sp³-hybridized carbons (Fsp3) is 0.500. The Kier molecular flexibility index (Phi) is 3.13. The van der Waals surface area contributed by atoms with E-state index in [0.29, 0.717) is 0 Å². The van der Waals surface area contributed by atoms with Gasteiger partial charge >= 0.3 is 0 Å². The molecule has 0 bridgehead atoms. The topological polar surface area (TPSA) is 17.0 Å². The minimum Gasteiger partial charge on any atom is -0.345 e. The summed E-state index contributed by atoms with van der Waals surface area (Å²) in [5, 5.41) is 5.11. The zero-order valence-corrected chi connectivity index (χ0v) is 11.4. The summed E-state index contributed by atoms with van der Waals surface area (Å²) in [5.41, 5.74) is 4.28. The summed E-state index contributed by atoms with van der Waals surface area (Å²) in [7, 11) is 0. The van der Waals surface area contributed by atoms with Crippen LogP contribution in [0.3, 0.4) is 0 Å². The molecule has 1 aliphatic carbocycles. The minimum atomic E-state index is 0.758. The first kappa shape index (κ1) is 11.8. The number of fused-ring (bicyclic) bond motifs is 1. The van der Waals surface area contributed by atoms with Crippen LogP contribution in [0.4, 0.5) is 0 Å². The molecule has 0 atom stereocenters. The maximum absolute atomic E-state index is 3.69. The molecule has 1 N–H and O–H groups in total. The number of aromatic nitrogens is 1. The van der Waals surface area contributed by atoms with E-state index in [1.54, 1.807) is 0 Å². The van der Waals surface area contributed by atoms with Gasteiger partial charge in [-0.05, 0) is 38.3 Å². The first-order chi connectivity index (χ1) is 8.81. The van der Waals surface area contributed by atoms with E-state index in [9.17, 15) is 0 Å². The van der Waals surface area contributed by atoms with Gasteiger partial charge in [-0.2, -0.15) is 0 Å². The summed E-state index contributed by atoms with van der Waals surface area (Å²) >= 11 is 0. The van der Waals surface area contributed by atoms with E-state index in [2.05, 4.69) is 48.0 Å². The molecule has 3 rings (SSSR count). The molecule has 1 aliphatic rings. The van der Waals surface area contributed by atoms with E-state index >= 15 is 0 Å². The average Bonchev–Trinajstić information content (AvgIpc) is 2.60. The van der Waals surface area contributed by atoms with Crippen molar-refractivity contribution in [2.45, 2.75) is 52.2 Å². The molecular formula is C16H22N2. The van der Waals surface area contributed by atoms with Crippen molar-refractivity contribution < 1.29 is 0 Å². The molecule has 2 heteroatoms. The molecular weight excluding hydrogens is 220 g/mol. The second-order valence-corrected chi connectivity index (χ2v) is 5.33. The zero-order chi connectivity index (χ0) is 12.5. The Labute approximate surface area is 109 Å². The van der Waals surface area contributed by atoms with Crippen LogP contribution in [0.1, 0.15) is 37.4 Å². The second-order valence-electron chi connectivity index (χ2n) is 5.33. The predicted octanol–water partition coefficient (Wildman–Crippen LogP) is 3.61. The maximum atomic E-state index is 3.69. The summed E-state index contributed by atoms with van der Waals surface area (Å²) < 4.78 is 2.42. The highest BCUT2D eigenvalue weighted by molar-refractivity contribution is 5.85. The van der Waals surface area contributed by atoms with Crippen LogP contribution in [0.25, 0.3) is 10.9 Å². The first-order valence-electron chi connectivity index (χ1n) is 7.11. The van der Waals surface area contributed by atoms with Crippen molar-refractivity contribution in [3.05, 3.63) is 35.5 Å². The number of nitrogens with one attached hydrogen (secondary N) is 1. The summed E-state index contributed by atoms with van der Waals surface area (Å²) in [6.45, 7) is 6.55. The van der Waals surface area contributed by atoms with E-state index < -0.39 is 0 Å². The third-order valence-electron chi connectivity index (χ3n) is 4.35. The minimum absolute atomic E-state index is 0.758. The van der Waals surface area contributed by atoms with Crippen LogP contribution in [0.15, 0.2) is 24.3 Å². The third-order valence-corrected chi connectivity index (χ3v) is 4.35. The largest absolute Gasteiger partial charge is 0.345 e. The molecule has 2 aromatic rings. The number of aryl methyl sites for hydroxylation is 1. The van der Waals surface area contributed by atoms with Gasteiger partial charge in [-0.1, -0.05) is 24.6 Å². The van der Waals surface area contributed by atoms with Gasteiger partial charge in [0, 0.05) is 35.7 Å². The standard InChI is InChI=1S/C16H22N2/c1-3-18-12(2)15(11-17-13-7-6-8-13)14-9-4-5-10-16(14)18/h4-5,9-10,13,17H,3,6-8,11H2,1-2H3. The summed E-state index contributed by atoms with van der Waals surface area (Å²) in [5.74, 6) is 0. The van der Waals surface area contributed by atoms with Crippen LogP contribution in [-0.2, 0) is 13.1 Å². The second kappa shape index (κ2) is 4.77. The van der Waals surface area contributed by atoms with Gasteiger partial charge < -0.3 is 9.88 Å². The third kappa shape index (κ3) is 1.85. The number of nitrogens with zero attached hydrogens (tertiary/aromatic N) is 1. The van der Waals surface area contributed by atoms with Gasteiger partial charge in [0.1, 0.15) is 0 Å². The van der Waals surface area contributed by atoms with Crippen LogP contribution in [0.5, 0.6) is 0 Å². The van der Waals surface area contributed by atoms with Crippen LogP contribution >= 0.6 is 0 Å². The van der Waals surface area contributed by atoms with Crippen molar-refractivity contribution in [3.8, 4) is 0 Å². The van der Waals surface area contributed by atoms with Gasteiger partial charge in [-0.15, -0.1) is 0 Å². The number of hydrogen-bond donors (Lipinski definition) is 1. The number of benzene rings is 1. The molecule has 96 valence electrons. The van der Waals surface area contributed by atoms with Crippen molar-refractivity contribution in [1.29, 1.82) is 0 Å². The Bertz CT molecular complexity index is 549. The van der Waals surface area contributed by atoms with E-state index in [-0.39, 0.29) is 0 Å². The van der Waals surface area contributed by atoms with E-state index in [1.807, 2.05) is 0 Å². The molecule has 0 amide bonds. The average molecular weight is 242 g/mol. The zero-order valence-electron chi connectivity index (χ0n) is 11.4. The van der Waals surface area contributed by atoms with Crippen molar-refractivity contribution in [3.63, 3.8) is 0 Å². The number of hydrogen-bond acceptors (Lipinski definition) is 1. The number of para-hydroxylation sites is 1. The molecule has 1 saturated carbocycles. The predicted molar refractivity (Wildman–Crippen MR) is 76.8 cm³/mol. The van der Waals surface area contributed by atoms with Crippen LogP contribution in [0, 0.1) is 6.92 Å². The van der Waals surface area contributed by atoms with Gasteiger partial charge in [0.2, 0.25) is 0 Å². The number of rotatable bonds is 4. The monoisotopic (exact) mass is 242 g/mol. The molecule has 1 heterocycles. The molecule has 0 radical (unpaired) electrons. The molecule has 0 aliphatic heterocycles. The van der Waals surface area contributed by atoms with Gasteiger partial charge in [-0.3, -0.25) is 0 Å². The Morgan fingerprint density at radius 2 is 2.06 bits per heavy atom. The molecule has 1 aromatic heterocycles. The lowest BCUT2D eigenvalue weighted by molar-refractivity contribution is 0.338. The van der Waals surface area contributed by atoms with Gasteiger partial charge in [0.15, 0.2) is 0 Å². The van der Waals surface area contributed by atoms with Crippen LogP contribution < -0.4 is 5.32 Å². The van der Waals surface area contributed by atoms with Crippen LogP contribution in [-0.4, -0.2) is 10.6 Å². The van der Waals surface area contributed by atoms with Crippen molar-refractivity contribution in [2.24, 2.45) is 0 Å². The van der Waals surface area contributed by atoms with Gasteiger partial charge in [0.05, 0.1) is 0 Å². The highest BCUT2D eigenvalue weighted by atomic mass is 15.0. The molecule has 1 aromatic carbocycles. The maximum Gasteiger partial charge on any atom is 0.0485 e. The smallest absolute Gasteiger partial charge is 0.0485 e. The summed E-state index contributed by atoms with van der Waals surface area (Å²) in [6.07, 6.45) is 4.10. The molecule has 18 heavy (non-hydrogen) atoms. The van der Waals surface area contributed by atoms with E-state index in [4.69, 9.17) is 0 Å². The first-order valence-corrected chi connectivity index (χ1v) is 7.11. The van der Waals surface area contributed by atoms with Crippen molar-refractivity contribution >= 4 is 10.9 Å². The summed E-state index contributed by atoms with van der Waals surface area (Å²) in [4.78, 5) is 0. The Morgan fingerprint density at radius 1 is 1.28 bits per heavy atom. The molecule has 0 unspecified atom stereocenters. The van der Waals surface area contributed by atoms with Gasteiger partial charge in [-0.25, -0.2) is 0 Å². The molecule has 0 spiro atoms. The lowest BCUT2D eigenvalue weighted by atomic mass is 9.93. The molecule has 0 saturated heterocycles. The fourth-order valence-electron chi connectivity index (χ4n) is 2.99. The normalized spacial score (nSPS) is 16.1. The van der Waals surface area contributed by atoms with Crippen molar-refractivity contribution in [2.75, 3.05) is 0 Å². The lowest BCUT2D eigenvalue weighted by Gasteiger charge is -2.26. The van der Waals surface area contributed by atoms with Crippen molar-refractivity contribution in [1.82, 2.24) is 9.88 Å². The Morgan fingerprint density at radius 3 is 2.72 bits per heavy atom. The van der Waals surface area contributed by atoms with E-state index in [0.717, 1.165) is 19.1 Å². The molecule has 2 nitrogen and oxygen atoms in total. The highest BCUT2D eigenvalue weighted by Crippen LogP contribution is 2.27. The SMILES string of the molecule is CCn1c(C)c(CNC2CCC2)c2ccccc21. The Balaban J connectivity index is 1.96. The van der Waals surface area contributed by atoms with Gasteiger partial charge in [0.25, 0.3) is 0 Å². The lowest BCUT2D eigenvalue weighted by Crippen LogP contribution is -2.34. The quantitative estimate of drug-likeness (QED) is 0.866. The highest BCUT2D eigenvalue weighted by Gasteiger charge is 2.18. The van der Waals surface area contributed by atoms with Crippen LogP contribution in [0.2, 0.25) is 0 Å². The Hall–Kier alpha value is -1.28. The summed E-state index contributed by atoms with van der Waals surface area (Å²) in [6, 6.07) is 9.53. The van der Waals surface area contributed by atoms with E-state index in [1.165, 1.54) is 41.4 Å².